The smallest absolute Gasteiger partial charge is 0.0596 e. The van der Waals surface area contributed by atoms with E-state index >= 15 is 0 Å². The number of hydrogen-bond acceptors (Lipinski definition) is 3. The van der Waals surface area contributed by atoms with Crippen molar-refractivity contribution in [2.75, 3.05) is 0 Å². The van der Waals surface area contributed by atoms with E-state index in [4.69, 9.17) is 5.84 Å². The second kappa shape index (κ2) is 4.06. The van der Waals surface area contributed by atoms with E-state index in [1.165, 1.54) is 25.0 Å². The Morgan fingerprint density at radius 1 is 1.42 bits per heavy atom. The van der Waals surface area contributed by atoms with Gasteiger partial charge in [-0.05, 0) is 61.8 Å². The Morgan fingerprint density at radius 3 is 2.63 bits per heavy atom. The number of nitrogens with two attached hydrogens (primary N) is 1. The Labute approximate surface area is 114 Å². The summed E-state index contributed by atoms with van der Waals surface area (Å²) in [6.07, 6.45) is 5.48. The number of fused-ring (bicyclic) bond motifs is 5. The minimum absolute atomic E-state index is 0.438. The van der Waals surface area contributed by atoms with Crippen LogP contribution in [0.25, 0.3) is 0 Å². The van der Waals surface area contributed by atoms with Crippen LogP contribution in [0.15, 0.2) is 6.07 Å². The molecule has 1 heterocycles. The van der Waals surface area contributed by atoms with Gasteiger partial charge in [-0.1, -0.05) is 0 Å². The number of hydrazine groups is 1. The van der Waals surface area contributed by atoms with Crippen LogP contribution in [-0.4, -0.2) is 15.8 Å². The standard InChI is InChI=1S/C15H24N4/c1-8-5-11(19(2)18-8)7-12(17-16)15-13-9-3-4-10(6-9)14(13)15/h5,9-10,12-15,17H,3-4,6-7,16H2,1-2H3. The molecule has 5 atom stereocenters. The molecule has 1 aromatic heterocycles. The van der Waals surface area contributed by atoms with Crippen LogP contribution >= 0.6 is 0 Å². The Morgan fingerprint density at radius 2 is 2.11 bits per heavy atom. The Hall–Kier alpha value is -0.870. The van der Waals surface area contributed by atoms with E-state index < -0.39 is 0 Å². The SMILES string of the molecule is Cc1cc(CC(NN)C2C3C4CCC(C4)C32)n(C)n1. The summed E-state index contributed by atoms with van der Waals surface area (Å²) in [6, 6.07) is 2.63. The fraction of sp³-hybridized carbons (Fsp3) is 0.800. The zero-order valence-corrected chi connectivity index (χ0v) is 11.8. The predicted molar refractivity (Wildman–Crippen MR) is 74.1 cm³/mol. The molecule has 4 heteroatoms. The van der Waals surface area contributed by atoms with Gasteiger partial charge >= 0.3 is 0 Å². The van der Waals surface area contributed by atoms with E-state index in [-0.39, 0.29) is 0 Å². The number of aryl methyl sites for hydroxylation is 2. The summed E-state index contributed by atoms with van der Waals surface area (Å²) in [5, 5.41) is 4.44. The molecule has 0 amide bonds. The molecule has 4 rings (SSSR count). The summed E-state index contributed by atoms with van der Waals surface area (Å²) in [6.45, 7) is 2.06. The van der Waals surface area contributed by atoms with Gasteiger partial charge in [0.25, 0.3) is 0 Å². The van der Waals surface area contributed by atoms with Gasteiger partial charge in [0.05, 0.1) is 5.69 Å². The lowest BCUT2D eigenvalue weighted by atomic mass is 9.95. The van der Waals surface area contributed by atoms with E-state index in [1.54, 1.807) is 0 Å². The Balaban J connectivity index is 1.49. The molecule has 4 nitrogen and oxygen atoms in total. The predicted octanol–water partition coefficient (Wildman–Crippen LogP) is 1.40. The quantitative estimate of drug-likeness (QED) is 0.635. The first-order chi connectivity index (χ1) is 9.19. The Kier molecular flexibility index (Phi) is 2.55. The number of nitrogens with one attached hydrogen (secondary N) is 1. The van der Waals surface area contributed by atoms with Gasteiger partial charge in [-0.15, -0.1) is 0 Å². The first-order valence-corrected chi connectivity index (χ1v) is 7.64. The molecule has 0 saturated heterocycles. The van der Waals surface area contributed by atoms with Crippen LogP contribution in [0, 0.1) is 36.5 Å². The van der Waals surface area contributed by atoms with Crippen LogP contribution in [0.3, 0.4) is 0 Å². The van der Waals surface area contributed by atoms with Gasteiger partial charge in [0.15, 0.2) is 0 Å². The molecule has 19 heavy (non-hydrogen) atoms. The number of rotatable bonds is 4. The molecular weight excluding hydrogens is 236 g/mol. The zero-order chi connectivity index (χ0) is 13.1. The molecule has 3 fully saturated rings. The topological polar surface area (TPSA) is 55.9 Å². The summed E-state index contributed by atoms with van der Waals surface area (Å²) < 4.78 is 2.01. The maximum absolute atomic E-state index is 5.85. The van der Waals surface area contributed by atoms with Crippen molar-refractivity contribution in [3.63, 3.8) is 0 Å². The summed E-state index contributed by atoms with van der Waals surface area (Å²) in [7, 11) is 2.04. The van der Waals surface area contributed by atoms with E-state index in [9.17, 15) is 0 Å². The van der Waals surface area contributed by atoms with Crippen LogP contribution in [-0.2, 0) is 13.5 Å². The summed E-state index contributed by atoms with van der Waals surface area (Å²) in [4.78, 5) is 0. The number of aromatic nitrogens is 2. The van der Waals surface area contributed by atoms with Crippen molar-refractivity contribution < 1.29 is 0 Å². The highest BCUT2D eigenvalue weighted by Crippen LogP contribution is 2.70. The van der Waals surface area contributed by atoms with Gasteiger partial charge in [-0.25, -0.2) is 0 Å². The first-order valence-electron chi connectivity index (χ1n) is 7.64. The number of hydrogen-bond donors (Lipinski definition) is 2. The largest absolute Gasteiger partial charge is 0.272 e. The fourth-order valence-electron chi connectivity index (χ4n) is 5.32. The van der Waals surface area contributed by atoms with Crippen molar-refractivity contribution in [3.05, 3.63) is 17.5 Å². The lowest BCUT2D eigenvalue weighted by Gasteiger charge is -2.19. The zero-order valence-electron chi connectivity index (χ0n) is 11.8. The van der Waals surface area contributed by atoms with Crippen LogP contribution in [0.1, 0.15) is 30.7 Å². The highest BCUT2D eigenvalue weighted by molar-refractivity contribution is 5.18. The third kappa shape index (κ3) is 1.69. The maximum atomic E-state index is 5.85. The summed E-state index contributed by atoms with van der Waals surface area (Å²) in [5.41, 5.74) is 5.51. The molecule has 0 aliphatic heterocycles. The lowest BCUT2D eigenvalue weighted by Crippen LogP contribution is -2.40. The van der Waals surface area contributed by atoms with E-state index in [0.717, 1.165) is 41.7 Å². The Bertz CT molecular complexity index is 478. The minimum Gasteiger partial charge on any atom is -0.272 e. The molecule has 2 bridgehead atoms. The van der Waals surface area contributed by atoms with Crippen LogP contribution in [0.5, 0.6) is 0 Å². The average Bonchev–Trinajstić information content (AvgIpc) is 2.70. The van der Waals surface area contributed by atoms with Crippen LogP contribution in [0.2, 0.25) is 0 Å². The van der Waals surface area contributed by atoms with E-state index in [0.29, 0.717) is 6.04 Å². The molecule has 0 spiro atoms. The van der Waals surface area contributed by atoms with Crippen molar-refractivity contribution in [1.29, 1.82) is 0 Å². The van der Waals surface area contributed by atoms with E-state index in [2.05, 4.69) is 23.5 Å². The van der Waals surface area contributed by atoms with Crippen molar-refractivity contribution in [3.8, 4) is 0 Å². The van der Waals surface area contributed by atoms with Gasteiger partial charge in [0, 0.05) is 25.2 Å². The monoisotopic (exact) mass is 260 g/mol. The molecule has 3 saturated carbocycles. The molecule has 3 aliphatic carbocycles. The first kappa shape index (κ1) is 11.9. The third-order valence-electron chi connectivity index (χ3n) is 6.00. The molecule has 5 unspecified atom stereocenters. The highest BCUT2D eigenvalue weighted by Gasteiger charge is 2.66. The maximum Gasteiger partial charge on any atom is 0.0596 e. The van der Waals surface area contributed by atoms with Crippen molar-refractivity contribution in [1.82, 2.24) is 15.2 Å². The second-order valence-corrected chi connectivity index (χ2v) is 6.94. The number of nitrogens with zero attached hydrogens (tertiary/aromatic N) is 2. The van der Waals surface area contributed by atoms with Crippen molar-refractivity contribution in [2.24, 2.45) is 42.5 Å². The normalized spacial score (nSPS) is 40.5. The van der Waals surface area contributed by atoms with Gasteiger partial charge in [-0.2, -0.15) is 5.10 Å². The molecule has 3 N–H and O–H groups in total. The summed E-state index contributed by atoms with van der Waals surface area (Å²) in [5.74, 6) is 10.7. The van der Waals surface area contributed by atoms with Gasteiger partial charge in [0.1, 0.15) is 0 Å². The minimum atomic E-state index is 0.438. The summed E-state index contributed by atoms with van der Waals surface area (Å²) >= 11 is 0. The highest BCUT2D eigenvalue weighted by atomic mass is 15.3. The van der Waals surface area contributed by atoms with Crippen molar-refractivity contribution in [2.45, 2.75) is 38.6 Å². The molecule has 1 aromatic rings. The fourth-order valence-corrected chi connectivity index (χ4v) is 5.32. The molecule has 0 radical (unpaired) electrons. The van der Waals surface area contributed by atoms with Gasteiger partial charge < -0.3 is 0 Å². The molecular formula is C15H24N4. The van der Waals surface area contributed by atoms with Gasteiger partial charge in [-0.3, -0.25) is 16.0 Å². The molecule has 0 aromatic carbocycles. The molecule has 3 aliphatic rings. The van der Waals surface area contributed by atoms with E-state index in [1.807, 2.05) is 11.7 Å². The lowest BCUT2D eigenvalue weighted by molar-refractivity contribution is 0.360. The van der Waals surface area contributed by atoms with Crippen LogP contribution < -0.4 is 11.3 Å². The van der Waals surface area contributed by atoms with Crippen molar-refractivity contribution >= 4 is 0 Å². The molecule has 104 valence electrons. The van der Waals surface area contributed by atoms with Gasteiger partial charge in [0.2, 0.25) is 0 Å². The average molecular weight is 260 g/mol. The third-order valence-corrected chi connectivity index (χ3v) is 6.00. The second-order valence-electron chi connectivity index (χ2n) is 6.94. The van der Waals surface area contributed by atoms with Crippen LogP contribution in [0.4, 0.5) is 0 Å².